The lowest BCUT2D eigenvalue weighted by Gasteiger charge is -2.09. The molecule has 1 N–H and O–H groups in total. The summed E-state index contributed by atoms with van der Waals surface area (Å²) in [5.41, 5.74) is 0. The van der Waals surface area contributed by atoms with Crippen molar-refractivity contribution in [2.24, 2.45) is 0 Å². The van der Waals surface area contributed by atoms with Gasteiger partial charge in [0.05, 0.1) is 7.11 Å². The van der Waals surface area contributed by atoms with Crippen LogP contribution < -0.4 is 14.8 Å². The molecular weight excluding hydrogens is 242 g/mol. The molecule has 0 spiro atoms. The van der Waals surface area contributed by atoms with E-state index >= 15 is 0 Å². The Morgan fingerprint density at radius 3 is 2.63 bits per heavy atom. The van der Waals surface area contributed by atoms with Crippen LogP contribution in [0.1, 0.15) is 12.7 Å². The van der Waals surface area contributed by atoms with E-state index in [0.717, 1.165) is 23.8 Å². The van der Waals surface area contributed by atoms with Gasteiger partial charge in [0.25, 0.3) is 0 Å². The van der Waals surface area contributed by atoms with Gasteiger partial charge in [0, 0.05) is 25.6 Å². The Morgan fingerprint density at radius 1 is 1.16 bits per heavy atom. The Balaban J connectivity index is 2.26. The fourth-order valence-corrected chi connectivity index (χ4v) is 1.60. The standard InChI is InChI=1S/C14H17N3O2/c1-4-12-16-13(15-2)9-14(17-12)19-11-7-5-6-10(8-11)18-3/h5-9H,4H2,1-3H3,(H,15,16,17). The van der Waals surface area contributed by atoms with Crippen molar-refractivity contribution < 1.29 is 9.47 Å². The second kappa shape index (κ2) is 6.04. The molecule has 0 aliphatic carbocycles. The van der Waals surface area contributed by atoms with Gasteiger partial charge in [0.15, 0.2) is 0 Å². The molecule has 0 atom stereocenters. The summed E-state index contributed by atoms with van der Waals surface area (Å²) in [4.78, 5) is 8.66. The second-order valence-corrected chi connectivity index (χ2v) is 3.89. The maximum absolute atomic E-state index is 5.73. The number of aromatic nitrogens is 2. The largest absolute Gasteiger partial charge is 0.497 e. The minimum atomic E-state index is 0.518. The van der Waals surface area contributed by atoms with Gasteiger partial charge in [-0.05, 0) is 12.1 Å². The topological polar surface area (TPSA) is 56.3 Å². The lowest BCUT2D eigenvalue weighted by molar-refractivity contribution is 0.407. The van der Waals surface area contributed by atoms with E-state index in [-0.39, 0.29) is 0 Å². The van der Waals surface area contributed by atoms with Crippen molar-refractivity contribution in [1.29, 1.82) is 0 Å². The number of hydrogen-bond acceptors (Lipinski definition) is 5. The van der Waals surface area contributed by atoms with Gasteiger partial charge in [-0.1, -0.05) is 13.0 Å². The maximum atomic E-state index is 5.73. The van der Waals surface area contributed by atoms with E-state index in [2.05, 4.69) is 15.3 Å². The first-order valence-electron chi connectivity index (χ1n) is 6.12. The normalized spacial score (nSPS) is 10.1. The molecule has 5 heteroatoms. The molecule has 0 aliphatic heterocycles. The number of methoxy groups -OCH3 is 1. The van der Waals surface area contributed by atoms with Crippen molar-refractivity contribution in [2.45, 2.75) is 13.3 Å². The minimum Gasteiger partial charge on any atom is -0.497 e. The highest BCUT2D eigenvalue weighted by Crippen LogP contribution is 2.25. The van der Waals surface area contributed by atoms with E-state index in [0.29, 0.717) is 11.6 Å². The molecule has 19 heavy (non-hydrogen) atoms. The van der Waals surface area contributed by atoms with E-state index < -0.39 is 0 Å². The first-order chi connectivity index (χ1) is 9.25. The Kier molecular flexibility index (Phi) is 4.18. The molecule has 0 unspecified atom stereocenters. The molecule has 0 fully saturated rings. The van der Waals surface area contributed by atoms with Crippen LogP contribution in [-0.2, 0) is 6.42 Å². The first-order valence-corrected chi connectivity index (χ1v) is 6.12. The zero-order valence-electron chi connectivity index (χ0n) is 11.3. The van der Waals surface area contributed by atoms with Crippen LogP contribution in [0, 0.1) is 0 Å². The van der Waals surface area contributed by atoms with Gasteiger partial charge in [-0.15, -0.1) is 0 Å². The van der Waals surface area contributed by atoms with Gasteiger partial charge >= 0.3 is 0 Å². The third-order valence-electron chi connectivity index (χ3n) is 2.58. The van der Waals surface area contributed by atoms with Crippen LogP contribution in [0.5, 0.6) is 17.4 Å². The van der Waals surface area contributed by atoms with Gasteiger partial charge < -0.3 is 14.8 Å². The van der Waals surface area contributed by atoms with Crippen LogP contribution in [-0.4, -0.2) is 24.1 Å². The molecule has 0 bridgehead atoms. The Morgan fingerprint density at radius 2 is 1.95 bits per heavy atom. The molecule has 0 saturated carbocycles. The monoisotopic (exact) mass is 259 g/mol. The lowest BCUT2D eigenvalue weighted by Crippen LogP contribution is -2.01. The molecule has 100 valence electrons. The SMILES string of the molecule is CCc1nc(NC)cc(Oc2cccc(OC)c2)n1. The zero-order chi connectivity index (χ0) is 13.7. The van der Waals surface area contributed by atoms with Gasteiger partial charge in [0.1, 0.15) is 23.1 Å². The average Bonchev–Trinajstić information content (AvgIpc) is 2.47. The van der Waals surface area contributed by atoms with E-state index in [1.807, 2.05) is 38.2 Å². The first kappa shape index (κ1) is 13.1. The molecule has 1 aromatic heterocycles. The van der Waals surface area contributed by atoms with Crippen molar-refractivity contribution >= 4 is 5.82 Å². The van der Waals surface area contributed by atoms with E-state index in [9.17, 15) is 0 Å². The number of benzene rings is 1. The van der Waals surface area contributed by atoms with Gasteiger partial charge in [-0.25, -0.2) is 4.98 Å². The molecule has 0 radical (unpaired) electrons. The molecule has 1 heterocycles. The second-order valence-electron chi connectivity index (χ2n) is 3.89. The molecule has 1 aromatic carbocycles. The summed E-state index contributed by atoms with van der Waals surface area (Å²) in [7, 11) is 3.44. The summed E-state index contributed by atoms with van der Waals surface area (Å²) in [5.74, 6) is 3.43. The van der Waals surface area contributed by atoms with Crippen LogP contribution >= 0.6 is 0 Å². The van der Waals surface area contributed by atoms with Crippen LogP contribution in [0.3, 0.4) is 0 Å². The fraction of sp³-hybridized carbons (Fsp3) is 0.286. The van der Waals surface area contributed by atoms with Crippen molar-refractivity contribution in [1.82, 2.24) is 9.97 Å². The van der Waals surface area contributed by atoms with Gasteiger partial charge in [-0.3, -0.25) is 0 Å². The van der Waals surface area contributed by atoms with E-state index in [1.165, 1.54) is 0 Å². The number of nitrogens with zero attached hydrogens (tertiary/aromatic N) is 2. The summed E-state index contributed by atoms with van der Waals surface area (Å²) in [6.45, 7) is 2.00. The summed E-state index contributed by atoms with van der Waals surface area (Å²) in [6.07, 6.45) is 0.754. The van der Waals surface area contributed by atoms with Crippen molar-refractivity contribution in [2.75, 3.05) is 19.5 Å². The quantitative estimate of drug-likeness (QED) is 0.894. The smallest absolute Gasteiger partial charge is 0.224 e. The predicted octanol–water partition coefficient (Wildman–Crippen LogP) is 2.88. The Hall–Kier alpha value is -2.30. The summed E-state index contributed by atoms with van der Waals surface area (Å²) in [6, 6.07) is 9.17. The molecule has 2 rings (SSSR count). The molecule has 0 amide bonds. The zero-order valence-corrected chi connectivity index (χ0v) is 11.3. The number of rotatable bonds is 5. The minimum absolute atomic E-state index is 0.518. The van der Waals surface area contributed by atoms with Crippen LogP contribution in [0.2, 0.25) is 0 Å². The van der Waals surface area contributed by atoms with Gasteiger partial charge in [0.2, 0.25) is 5.88 Å². The number of hydrogen-bond donors (Lipinski definition) is 1. The highest BCUT2D eigenvalue weighted by molar-refractivity contribution is 5.40. The van der Waals surface area contributed by atoms with E-state index in [4.69, 9.17) is 9.47 Å². The molecule has 2 aromatic rings. The van der Waals surface area contributed by atoms with Crippen molar-refractivity contribution in [3.05, 3.63) is 36.2 Å². The molecule has 0 aliphatic rings. The fourth-order valence-electron chi connectivity index (χ4n) is 1.60. The highest BCUT2D eigenvalue weighted by atomic mass is 16.5. The number of anilines is 1. The highest BCUT2D eigenvalue weighted by Gasteiger charge is 2.05. The van der Waals surface area contributed by atoms with Gasteiger partial charge in [-0.2, -0.15) is 4.98 Å². The Bertz CT molecular complexity index is 536. The van der Waals surface area contributed by atoms with Crippen molar-refractivity contribution in [3.8, 4) is 17.4 Å². The lowest BCUT2D eigenvalue weighted by atomic mass is 10.3. The molecule has 0 saturated heterocycles. The Labute approximate surface area is 112 Å². The summed E-state index contributed by atoms with van der Waals surface area (Å²) < 4.78 is 10.9. The predicted molar refractivity (Wildman–Crippen MR) is 74.0 cm³/mol. The van der Waals surface area contributed by atoms with Crippen molar-refractivity contribution in [3.63, 3.8) is 0 Å². The number of aryl methyl sites for hydroxylation is 1. The number of ether oxygens (including phenoxy) is 2. The van der Waals surface area contributed by atoms with Crippen LogP contribution in [0.15, 0.2) is 30.3 Å². The summed E-state index contributed by atoms with van der Waals surface area (Å²) in [5, 5.41) is 2.99. The maximum Gasteiger partial charge on any atom is 0.224 e. The van der Waals surface area contributed by atoms with E-state index in [1.54, 1.807) is 13.2 Å². The summed E-state index contributed by atoms with van der Waals surface area (Å²) >= 11 is 0. The van der Waals surface area contributed by atoms with Crippen LogP contribution in [0.25, 0.3) is 0 Å². The molecule has 5 nitrogen and oxygen atoms in total. The average molecular weight is 259 g/mol. The third-order valence-corrected chi connectivity index (χ3v) is 2.58. The number of nitrogens with one attached hydrogen (secondary N) is 1. The third kappa shape index (κ3) is 3.34. The van der Waals surface area contributed by atoms with Crippen LogP contribution in [0.4, 0.5) is 5.82 Å². The molecular formula is C14H17N3O2.